The maximum absolute atomic E-state index is 13.4. The Morgan fingerprint density at radius 2 is 1.31 bits per heavy atom. The number of benzene rings is 3. The molecule has 1 N–H and O–H groups in total. The molecule has 0 saturated carbocycles. The average molecular weight is 404 g/mol. The van der Waals surface area contributed by atoms with E-state index in [4.69, 9.17) is 11.6 Å². The highest BCUT2D eigenvalue weighted by Gasteiger charge is 2.23. The van der Waals surface area contributed by atoms with Gasteiger partial charge in [-0.25, -0.2) is 4.79 Å². The Labute approximate surface area is 171 Å². The van der Waals surface area contributed by atoms with E-state index in [0.29, 0.717) is 0 Å². The monoisotopic (exact) mass is 403 g/mol. The number of para-hydroxylation sites is 1. The molecule has 0 aliphatic heterocycles. The number of nitrogens with one attached hydrogen (secondary N) is 1. The molecule has 1 heterocycles. The van der Waals surface area contributed by atoms with Crippen LogP contribution in [0.2, 0.25) is 5.02 Å². The molecular formula is C23H16ClN2O3-. The lowest BCUT2D eigenvalue weighted by molar-refractivity contribution is -0.279. The summed E-state index contributed by atoms with van der Waals surface area (Å²) in [5.41, 5.74) is 0.192. The average Bonchev–Trinajstić information content (AvgIpc) is 2.73. The maximum atomic E-state index is 13.4. The first kappa shape index (κ1) is 18.8. The molecule has 4 aromatic rings. The molecule has 144 valence electrons. The molecule has 0 fully saturated rings. The summed E-state index contributed by atoms with van der Waals surface area (Å²) in [6.45, 7) is 0. The van der Waals surface area contributed by atoms with E-state index >= 15 is 0 Å². The van der Waals surface area contributed by atoms with Gasteiger partial charge in [-0.1, -0.05) is 84.4 Å². The summed E-state index contributed by atoms with van der Waals surface area (Å²) in [7, 11) is 0. The van der Waals surface area contributed by atoms with Gasteiger partial charge in [0.05, 0.1) is 10.7 Å². The van der Waals surface area contributed by atoms with E-state index in [1.165, 1.54) is 0 Å². The quantitative estimate of drug-likeness (QED) is 0.567. The molecule has 0 aliphatic carbocycles. The van der Waals surface area contributed by atoms with Crippen molar-refractivity contribution in [1.82, 2.24) is 9.55 Å². The van der Waals surface area contributed by atoms with Gasteiger partial charge in [0.1, 0.15) is 0 Å². The normalized spacial score (nSPS) is 11.0. The minimum atomic E-state index is -0.822. The molecule has 0 bridgehead atoms. The van der Waals surface area contributed by atoms with Crippen molar-refractivity contribution in [3.8, 4) is 11.6 Å². The molecule has 4 rings (SSSR count). The third-order valence-corrected chi connectivity index (χ3v) is 5.07. The Morgan fingerprint density at radius 1 is 0.793 bits per heavy atom. The summed E-state index contributed by atoms with van der Waals surface area (Å²) in [4.78, 5) is 27.6. The lowest BCUT2D eigenvalue weighted by Crippen LogP contribution is -2.35. The van der Waals surface area contributed by atoms with Gasteiger partial charge in [-0.05, 0) is 29.1 Å². The number of nitrogens with zero attached hydrogens (tertiary/aromatic N) is 1. The van der Waals surface area contributed by atoms with Crippen molar-refractivity contribution in [2.24, 2.45) is 0 Å². The van der Waals surface area contributed by atoms with Crippen LogP contribution >= 0.6 is 11.6 Å². The van der Waals surface area contributed by atoms with Gasteiger partial charge in [0.2, 0.25) is 0 Å². The van der Waals surface area contributed by atoms with Crippen LogP contribution < -0.4 is 16.4 Å². The summed E-state index contributed by atoms with van der Waals surface area (Å²) in [6.07, 6.45) is 0. The fourth-order valence-electron chi connectivity index (χ4n) is 3.45. The standard InChI is InChI=1S/C23H17ClN2O3/c24-17-13-7-8-14-18(17)26-22(28)20(21(27)25-23(26)29)19(15-9-3-1-4-10-15)16-11-5-2-6-12-16/h1-14,19,28H,(H,25,27,29)/p-1. The van der Waals surface area contributed by atoms with E-state index in [1.54, 1.807) is 24.3 Å². The molecule has 0 unspecified atom stereocenters. The number of aromatic amines is 1. The lowest BCUT2D eigenvalue weighted by Gasteiger charge is -2.26. The van der Waals surface area contributed by atoms with Crippen LogP contribution in [-0.2, 0) is 0 Å². The number of rotatable bonds is 4. The Bertz CT molecular complexity index is 1230. The molecule has 29 heavy (non-hydrogen) atoms. The van der Waals surface area contributed by atoms with Crippen molar-refractivity contribution in [1.29, 1.82) is 0 Å². The predicted molar refractivity (Wildman–Crippen MR) is 111 cm³/mol. The zero-order valence-corrected chi connectivity index (χ0v) is 16.0. The molecule has 0 spiro atoms. The molecule has 6 heteroatoms. The SMILES string of the molecule is O=c1[nH]c(=O)n(-c2ccccc2Cl)c([O-])c1C(c1ccccc1)c1ccccc1. The third-order valence-electron chi connectivity index (χ3n) is 4.75. The summed E-state index contributed by atoms with van der Waals surface area (Å²) >= 11 is 6.22. The topological polar surface area (TPSA) is 77.9 Å². The van der Waals surface area contributed by atoms with Crippen LogP contribution in [0.4, 0.5) is 0 Å². The van der Waals surface area contributed by atoms with Gasteiger partial charge >= 0.3 is 5.69 Å². The fourth-order valence-corrected chi connectivity index (χ4v) is 3.67. The van der Waals surface area contributed by atoms with Crippen LogP contribution in [0.1, 0.15) is 22.6 Å². The van der Waals surface area contributed by atoms with Crippen LogP contribution in [-0.4, -0.2) is 9.55 Å². The number of aromatic nitrogens is 2. The van der Waals surface area contributed by atoms with Gasteiger partial charge in [-0.15, -0.1) is 0 Å². The first-order chi connectivity index (χ1) is 14.1. The van der Waals surface area contributed by atoms with E-state index in [0.717, 1.165) is 15.7 Å². The summed E-state index contributed by atoms with van der Waals surface area (Å²) in [5, 5.41) is 13.7. The molecule has 0 saturated heterocycles. The van der Waals surface area contributed by atoms with E-state index in [2.05, 4.69) is 4.98 Å². The second kappa shape index (κ2) is 7.81. The molecular weight excluding hydrogens is 388 g/mol. The van der Waals surface area contributed by atoms with Gasteiger partial charge in [0.15, 0.2) is 0 Å². The van der Waals surface area contributed by atoms with Crippen molar-refractivity contribution >= 4 is 11.6 Å². The number of H-pyrrole nitrogens is 1. The molecule has 0 atom stereocenters. The van der Waals surface area contributed by atoms with Gasteiger partial charge in [-0.2, -0.15) is 0 Å². The van der Waals surface area contributed by atoms with Crippen molar-refractivity contribution < 1.29 is 5.11 Å². The molecule has 3 aromatic carbocycles. The number of halogens is 1. The van der Waals surface area contributed by atoms with Crippen LogP contribution in [0.3, 0.4) is 0 Å². The number of hydrogen-bond acceptors (Lipinski definition) is 3. The predicted octanol–water partition coefficient (Wildman–Crippen LogP) is 3.43. The third kappa shape index (κ3) is 3.48. The second-order valence-corrected chi connectivity index (χ2v) is 6.93. The molecule has 5 nitrogen and oxygen atoms in total. The number of hydrogen-bond donors (Lipinski definition) is 1. The second-order valence-electron chi connectivity index (χ2n) is 6.52. The van der Waals surface area contributed by atoms with Crippen LogP contribution in [0.5, 0.6) is 5.88 Å². The van der Waals surface area contributed by atoms with Crippen molar-refractivity contribution in [3.63, 3.8) is 0 Å². The van der Waals surface area contributed by atoms with Crippen LogP contribution in [0, 0.1) is 0 Å². The molecule has 0 aliphatic rings. The fraction of sp³-hybridized carbons (Fsp3) is 0.0435. The smallest absolute Gasteiger partial charge is 0.332 e. The first-order valence-electron chi connectivity index (χ1n) is 8.99. The molecule has 0 amide bonds. The highest BCUT2D eigenvalue weighted by atomic mass is 35.5. The van der Waals surface area contributed by atoms with E-state index in [9.17, 15) is 14.7 Å². The van der Waals surface area contributed by atoms with Gasteiger partial charge in [0, 0.05) is 11.5 Å². The maximum Gasteiger partial charge on any atom is 0.332 e. The van der Waals surface area contributed by atoms with E-state index in [1.807, 2.05) is 60.7 Å². The summed E-state index contributed by atoms with van der Waals surface area (Å²) in [6, 6.07) is 25.0. The molecule has 1 aromatic heterocycles. The van der Waals surface area contributed by atoms with E-state index in [-0.39, 0.29) is 16.3 Å². The van der Waals surface area contributed by atoms with Crippen molar-refractivity contribution in [2.75, 3.05) is 0 Å². The van der Waals surface area contributed by atoms with Crippen LogP contribution in [0.25, 0.3) is 5.69 Å². The van der Waals surface area contributed by atoms with Gasteiger partial charge in [-0.3, -0.25) is 14.3 Å². The van der Waals surface area contributed by atoms with Gasteiger partial charge in [0.25, 0.3) is 5.56 Å². The van der Waals surface area contributed by atoms with Crippen LogP contribution in [0.15, 0.2) is 94.5 Å². The minimum absolute atomic E-state index is 0.0399. The van der Waals surface area contributed by atoms with E-state index < -0.39 is 23.0 Å². The Kier molecular flexibility index (Phi) is 5.06. The summed E-state index contributed by atoms with van der Waals surface area (Å²) < 4.78 is 0.915. The Morgan fingerprint density at radius 3 is 1.86 bits per heavy atom. The zero-order valence-electron chi connectivity index (χ0n) is 15.2. The Balaban J connectivity index is 2.05. The largest absolute Gasteiger partial charge is 0.859 e. The van der Waals surface area contributed by atoms with Gasteiger partial charge < -0.3 is 5.11 Å². The molecule has 0 radical (unpaired) electrons. The highest BCUT2D eigenvalue weighted by molar-refractivity contribution is 6.32. The summed E-state index contributed by atoms with van der Waals surface area (Å²) in [5.74, 6) is -1.33. The highest BCUT2D eigenvalue weighted by Crippen LogP contribution is 2.34. The first-order valence-corrected chi connectivity index (χ1v) is 9.36. The van der Waals surface area contributed by atoms with Crippen molar-refractivity contribution in [3.05, 3.63) is 127 Å². The lowest BCUT2D eigenvalue weighted by atomic mass is 9.86. The zero-order chi connectivity index (χ0) is 20.4. The minimum Gasteiger partial charge on any atom is -0.859 e. The Hall–Kier alpha value is -3.57. The van der Waals surface area contributed by atoms with Crippen molar-refractivity contribution in [2.45, 2.75) is 5.92 Å².